The van der Waals surface area contributed by atoms with Crippen molar-refractivity contribution in [3.63, 3.8) is 0 Å². The second-order valence-electron chi connectivity index (χ2n) is 8.69. The number of rotatable bonds is 10. The molecule has 0 spiro atoms. The molecule has 0 bridgehead atoms. The van der Waals surface area contributed by atoms with E-state index in [9.17, 15) is 4.79 Å². The van der Waals surface area contributed by atoms with Crippen molar-refractivity contribution in [1.29, 1.82) is 0 Å². The first-order chi connectivity index (χ1) is 13.7. The molecule has 6 nitrogen and oxygen atoms in total. The Bertz CT molecular complexity index is 776. The number of nitrogens with zero attached hydrogens (tertiary/aromatic N) is 3. The summed E-state index contributed by atoms with van der Waals surface area (Å²) >= 11 is 0. The molecular formula is C23H35N3O3. The van der Waals surface area contributed by atoms with Gasteiger partial charge in [0, 0.05) is 18.6 Å². The highest BCUT2D eigenvalue weighted by atomic mass is 16.5. The van der Waals surface area contributed by atoms with Gasteiger partial charge in [-0.3, -0.25) is 4.79 Å². The maximum Gasteiger partial charge on any atom is 0.336 e. The van der Waals surface area contributed by atoms with Gasteiger partial charge >= 0.3 is 6.01 Å². The van der Waals surface area contributed by atoms with Crippen LogP contribution >= 0.6 is 0 Å². The van der Waals surface area contributed by atoms with E-state index < -0.39 is 0 Å². The first-order valence-electron chi connectivity index (χ1n) is 10.5. The third kappa shape index (κ3) is 7.28. The molecule has 1 aromatic heterocycles. The molecule has 0 aliphatic carbocycles. The summed E-state index contributed by atoms with van der Waals surface area (Å²) in [5, 5.41) is 4.35. The van der Waals surface area contributed by atoms with E-state index in [0.717, 1.165) is 18.4 Å². The van der Waals surface area contributed by atoms with Crippen LogP contribution in [0, 0.1) is 11.3 Å². The van der Waals surface area contributed by atoms with Gasteiger partial charge in [0.05, 0.1) is 6.61 Å². The molecule has 1 heterocycles. The Morgan fingerprint density at radius 1 is 1.14 bits per heavy atom. The fourth-order valence-corrected chi connectivity index (χ4v) is 3.44. The Morgan fingerprint density at radius 3 is 2.41 bits per heavy atom. The van der Waals surface area contributed by atoms with Crippen molar-refractivity contribution >= 4 is 5.91 Å². The first-order valence-corrected chi connectivity index (χ1v) is 10.5. The summed E-state index contributed by atoms with van der Waals surface area (Å²) in [7, 11) is 0. The van der Waals surface area contributed by atoms with Crippen LogP contribution in [0.5, 0.6) is 6.01 Å². The largest absolute Gasteiger partial charge is 0.460 e. The highest BCUT2D eigenvalue weighted by molar-refractivity contribution is 5.82. The van der Waals surface area contributed by atoms with Crippen molar-refractivity contribution in [2.24, 2.45) is 11.3 Å². The molecule has 0 saturated carbocycles. The summed E-state index contributed by atoms with van der Waals surface area (Å²) in [6.07, 6.45) is 2.34. The summed E-state index contributed by atoms with van der Waals surface area (Å²) < 4.78 is 12.3. The molecule has 6 heteroatoms. The fraction of sp³-hybridized carbons (Fsp3) is 0.609. The van der Waals surface area contributed by atoms with Gasteiger partial charge in [0.25, 0.3) is 0 Å². The zero-order chi connectivity index (χ0) is 21.4. The van der Waals surface area contributed by atoms with E-state index in [0.29, 0.717) is 32.1 Å². The first kappa shape index (κ1) is 23.1. The highest BCUT2D eigenvalue weighted by Gasteiger charge is 2.23. The highest BCUT2D eigenvalue weighted by Crippen LogP contribution is 2.27. The van der Waals surface area contributed by atoms with Gasteiger partial charge in [-0.1, -0.05) is 58.9 Å². The lowest BCUT2D eigenvalue weighted by Gasteiger charge is -2.22. The molecule has 29 heavy (non-hydrogen) atoms. The van der Waals surface area contributed by atoms with E-state index in [-0.39, 0.29) is 23.3 Å². The van der Waals surface area contributed by atoms with Gasteiger partial charge < -0.3 is 9.47 Å². The molecule has 0 N–H and O–H groups in total. The van der Waals surface area contributed by atoms with Crippen LogP contribution in [-0.4, -0.2) is 40.5 Å². The Hall–Kier alpha value is -2.21. The summed E-state index contributed by atoms with van der Waals surface area (Å²) in [6, 6.07) is 8.27. The second kappa shape index (κ2) is 10.5. The van der Waals surface area contributed by atoms with Crippen molar-refractivity contribution in [2.45, 2.75) is 60.8 Å². The van der Waals surface area contributed by atoms with Crippen LogP contribution in [0.25, 0.3) is 11.4 Å². The number of aromatic nitrogens is 3. The van der Waals surface area contributed by atoms with Gasteiger partial charge in [-0.15, -0.1) is 5.10 Å². The fourth-order valence-electron chi connectivity index (χ4n) is 3.44. The second-order valence-corrected chi connectivity index (χ2v) is 8.69. The van der Waals surface area contributed by atoms with E-state index in [2.05, 4.69) is 56.8 Å². The summed E-state index contributed by atoms with van der Waals surface area (Å²) in [4.78, 5) is 17.5. The molecule has 0 radical (unpaired) electrons. The molecule has 0 aliphatic heterocycles. The van der Waals surface area contributed by atoms with Crippen LogP contribution in [0.2, 0.25) is 0 Å². The average molecular weight is 402 g/mol. The van der Waals surface area contributed by atoms with Gasteiger partial charge in [-0.25, -0.2) is 0 Å². The van der Waals surface area contributed by atoms with E-state index in [1.807, 2.05) is 19.1 Å². The number of hydrogen-bond acceptors (Lipinski definition) is 5. The summed E-state index contributed by atoms with van der Waals surface area (Å²) in [6.45, 7) is 14.2. The third-order valence-corrected chi connectivity index (χ3v) is 4.59. The van der Waals surface area contributed by atoms with Crippen LogP contribution in [0.3, 0.4) is 0 Å². The lowest BCUT2D eigenvalue weighted by Crippen LogP contribution is -2.20. The minimum Gasteiger partial charge on any atom is -0.460 e. The van der Waals surface area contributed by atoms with Crippen LogP contribution in [0.15, 0.2) is 24.3 Å². The zero-order valence-corrected chi connectivity index (χ0v) is 18.7. The molecule has 0 fully saturated rings. The van der Waals surface area contributed by atoms with Crippen molar-refractivity contribution < 1.29 is 14.3 Å². The molecule has 0 aliphatic rings. The minimum atomic E-state index is -0.0662. The molecule has 1 atom stereocenters. The molecule has 160 valence electrons. The topological polar surface area (TPSA) is 66.2 Å². The Kier molecular flexibility index (Phi) is 8.38. The van der Waals surface area contributed by atoms with Crippen LogP contribution < -0.4 is 4.74 Å². The number of benzene rings is 1. The molecule has 2 aromatic rings. The van der Waals surface area contributed by atoms with Crippen LogP contribution in [0.1, 0.15) is 64.7 Å². The zero-order valence-electron chi connectivity index (χ0n) is 18.7. The van der Waals surface area contributed by atoms with E-state index in [4.69, 9.17) is 9.47 Å². The molecule has 1 unspecified atom stereocenters. The molecule has 0 amide bonds. The number of hydrogen-bond donors (Lipinski definition) is 0. The predicted octanol–water partition coefficient (Wildman–Crippen LogP) is 5.03. The molecule has 0 saturated heterocycles. The van der Waals surface area contributed by atoms with E-state index >= 15 is 0 Å². The lowest BCUT2D eigenvalue weighted by atomic mass is 9.84. The van der Waals surface area contributed by atoms with E-state index in [1.54, 1.807) is 0 Å². The summed E-state index contributed by atoms with van der Waals surface area (Å²) in [5.74, 6) is 0.708. The number of carbonyl (C=O) groups is 1. The number of ether oxygens (including phenoxy) is 2. The quantitative estimate of drug-likeness (QED) is 0.523. The van der Waals surface area contributed by atoms with E-state index in [1.165, 1.54) is 10.2 Å². The van der Waals surface area contributed by atoms with Crippen molar-refractivity contribution in [3.8, 4) is 17.4 Å². The maximum atomic E-state index is 13.0. The van der Waals surface area contributed by atoms with Gasteiger partial charge in [-0.2, -0.15) is 9.67 Å². The third-order valence-electron chi connectivity index (χ3n) is 4.59. The molecular weight excluding hydrogens is 366 g/mol. The number of aryl methyl sites for hydroxylation is 1. The van der Waals surface area contributed by atoms with Gasteiger partial charge in [0.1, 0.15) is 6.61 Å². The maximum absolute atomic E-state index is 13.0. The van der Waals surface area contributed by atoms with Crippen LogP contribution in [-0.2, 0) is 11.2 Å². The Labute approximate surface area is 174 Å². The normalized spacial score (nSPS) is 12.8. The monoisotopic (exact) mass is 401 g/mol. The van der Waals surface area contributed by atoms with Gasteiger partial charge in [0.2, 0.25) is 5.91 Å². The molecule has 2 rings (SSSR count). The number of carbonyl (C=O) groups excluding carboxylic acids is 1. The molecule has 1 aromatic carbocycles. The smallest absolute Gasteiger partial charge is 0.336 e. The summed E-state index contributed by atoms with van der Waals surface area (Å²) in [5.41, 5.74) is 2.26. The minimum absolute atomic E-state index is 0.0662. The average Bonchev–Trinajstić information content (AvgIpc) is 3.08. The Morgan fingerprint density at radius 2 is 1.83 bits per heavy atom. The van der Waals surface area contributed by atoms with Crippen molar-refractivity contribution in [1.82, 2.24) is 14.8 Å². The Balaban J connectivity index is 2.24. The van der Waals surface area contributed by atoms with Crippen molar-refractivity contribution in [2.75, 3.05) is 19.8 Å². The standard InChI is InChI=1S/C23H35N3O3/c1-7-18-9-11-19(12-10-18)21-24-22(29-14-13-28-8-2)25-26(21)20(27)15-17(3)16-23(4,5)6/h9-12,17H,7-8,13-16H2,1-6H3. The SMILES string of the molecule is CCOCCOc1nc(-c2ccc(CC)cc2)n(C(=O)CC(C)CC(C)(C)C)n1. The lowest BCUT2D eigenvalue weighted by molar-refractivity contribution is 0.0852. The van der Waals surface area contributed by atoms with Gasteiger partial charge in [-0.05, 0) is 36.7 Å². The predicted molar refractivity (Wildman–Crippen MR) is 115 cm³/mol. The van der Waals surface area contributed by atoms with Crippen LogP contribution in [0.4, 0.5) is 0 Å². The van der Waals surface area contributed by atoms with Crippen molar-refractivity contribution in [3.05, 3.63) is 29.8 Å². The van der Waals surface area contributed by atoms with Gasteiger partial charge in [0.15, 0.2) is 5.82 Å².